The Kier molecular flexibility index (Phi) is 5.39. The van der Waals surface area contributed by atoms with Gasteiger partial charge in [-0.2, -0.15) is 0 Å². The summed E-state index contributed by atoms with van der Waals surface area (Å²) in [6, 6.07) is 0. The van der Waals surface area contributed by atoms with Crippen LogP contribution in [0.25, 0.3) is 0 Å². The fraction of sp³-hybridized carbons (Fsp3) is 0.833. The lowest BCUT2D eigenvalue weighted by atomic mass is 10.0. The van der Waals surface area contributed by atoms with Crippen LogP contribution in [0.5, 0.6) is 0 Å². The Morgan fingerprint density at radius 1 is 0.818 bits per heavy atom. The minimum absolute atomic E-state index is 0.387. The van der Waals surface area contributed by atoms with Crippen molar-refractivity contribution in [2.24, 2.45) is 0 Å². The number of fused-ring (bicyclic) bond motifs is 1. The Bertz CT molecular complexity index is 377. The van der Waals surface area contributed by atoms with Crippen molar-refractivity contribution in [2.45, 2.75) is 54.4 Å². The highest BCUT2D eigenvalue weighted by Crippen LogP contribution is 2.47. The summed E-state index contributed by atoms with van der Waals surface area (Å²) in [5.74, 6) is 0. The first-order chi connectivity index (χ1) is 10.2. The molecule has 3 rings (SSSR count). The van der Waals surface area contributed by atoms with Crippen LogP contribution >= 0.6 is 0 Å². The van der Waals surface area contributed by atoms with Gasteiger partial charge in [-0.25, -0.2) is 0 Å². The molecule has 10 heteroatoms. The molecule has 1 saturated carbocycles. The summed E-state index contributed by atoms with van der Waals surface area (Å²) >= 11 is 0. The van der Waals surface area contributed by atoms with Crippen molar-refractivity contribution in [1.29, 1.82) is 0 Å². The van der Waals surface area contributed by atoms with E-state index >= 15 is 0 Å². The van der Waals surface area contributed by atoms with Gasteiger partial charge < -0.3 is 50.3 Å². The average molecular weight is 324 g/mol. The predicted octanol–water partition coefficient (Wildman–Crippen LogP) is -5.00. The van der Waals surface area contributed by atoms with Gasteiger partial charge in [0.1, 0.15) is 62.0 Å². The zero-order valence-electron chi connectivity index (χ0n) is 11.4. The Morgan fingerprint density at radius 3 is 1.95 bits per heavy atom. The summed E-state index contributed by atoms with van der Waals surface area (Å²) in [6.07, 6.45) is -8.99. The van der Waals surface area contributed by atoms with Crippen LogP contribution in [0.15, 0.2) is 0 Å². The van der Waals surface area contributed by atoms with Crippen LogP contribution in [0, 0.1) is 13.2 Å². The fourth-order valence-electron chi connectivity index (χ4n) is 2.30. The van der Waals surface area contributed by atoms with E-state index in [2.05, 4.69) is 4.74 Å². The molecule has 22 heavy (non-hydrogen) atoms. The normalized spacial score (nSPS) is 54.0. The first-order valence-electron chi connectivity index (χ1n) is 6.64. The zero-order valence-corrected chi connectivity index (χ0v) is 11.4. The molecule has 9 atom stereocenters. The van der Waals surface area contributed by atoms with Crippen LogP contribution in [0.1, 0.15) is 0 Å². The molecule has 0 bridgehead atoms. The molecule has 1 aliphatic carbocycles. The van der Waals surface area contributed by atoms with Gasteiger partial charge in [-0.1, -0.05) is 0 Å². The molecule has 1 unspecified atom stereocenters. The van der Waals surface area contributed by atoms with Crippen LogP contribution in [0.3, 0.4) is 0 Å². The second-order valence-corrected chi connectivity index (χ2v) is 5.43. The summed E-state index contributed by atoms with van der Waals surface area (Å²) in [5.41, 5.74) is -1.66. The number of hydrogen-bond donors (Lipinski definition) is 8. The van der Waals surface area contributed by atoms with Gasteiger partial charge in [-0.3, -0.25) is 0 Å². The molecule has 0 aromatic heterocycles. The largest absolute Gasteiger partial charge is 0.394 e. The SMILES string of the molecule is OC1[C@H]2O[CH][C@@H](O)[C@@H](O)[C@]12O.OC[C@H]1O[CH][C@@H](O)[C@@H](O)[C@@H]1O. The number of aliphatic hydroxyl groups excluding tert-OH is 7. The lowest BCUT2D eigenvalue weighted by Gasteiger charge is -2.33. The summed E-state index contributed by atoms with van der Waals surface area (Å²) in [6.45, 7) is 1.62. The highest BCUT2D eigenvalue weighted by atomic mass is 16.6. The van der Waals surface area contributed by atoms with E-state index in [1.165, 1.54) is 0 Å². The molecule has 2 heterocycles. The third-order valence-corrected chi connectivity index (χ3v) is 3.92. The van der Waals surface area contributed by atoms with Gasteiger partial charge in [0, 0.05) is 0 Å². The van der Waals surface area contributed by atoms with Gasteiger partial charge in [0.2, 0.25) is 0 Å². The Labute approximate surface area is 125 Å². The highest BCUT2D eigenvalue weighted by molar-refractivity contribution is 5.24. The van der Waals surface area contributed by atoms with Gasteiger partial charge >= 0.3 is 0 Å². The molecular formula is C12H20O10. The molecule has 0 aromatic rings. The molecule has 3 fully saturated rings. The van der Waals surface area contributed by atoms with Crippen molar-refractivity contribution in [3.05, 3.63) is 13.2 Å². The lowest BCUT2D eigenvalue weighted by molar-refractivity contribution is -0.169. The summed E-state index contributed by atoms with van der Waals surface area (Å²) < 4.78 is 9.40. The second kappa shape index (κ2) is 6.61. The molecule has 8 N–H and O–H groups in total. The van der Waals surface area contributed by atoms with Gasteiger partial charge in [-0.05, 0) is 0 Å². The summed E-state index contributed by atoms with van der Waals surface area (Å²) in [5, 5.41) is 72.0. The van der Waals surface area contributed by atoms with Gasteiger partial charge in [-0.15, -0.1) is 0 Å². The van der Waals surface area contributed by atoms with Crippen LogP contribution < -0.4 is 0 Å². The zero-order chi connectivity index (χ0) is 16.7. The van der Waals surface area contributed by atoms with Gasteiger partial charge in [0.15, 0.2) is 5.60 Å². The van der Waals surface area contributed by atoms with E-state index in [-0.39, 0.29) is 6.61 Å². The first kappa shape index (κ1) is 17.9. The second-order valence-electron chi connectivity index (χ2n) is 5.43. The predicted molar refractivity (Wildman–Crippen MR) is 66.4 cm³/mol. The third kappa shape index (κ3) is 2.99. The van der Waals surface area contributed by atoms with Crippen LogP contribution in [-0.4, -0.2) is 102 Å². The van der Waals surface area contributed by atoms with Crippen molar-refractivity contribution in [1.82, 2.24) is 0 Å². The molecule has 0 aromatic carbocycles. The number of rotatable bonds is 1. The Hall–Kier alpha value is -0.400. The summed E-state index contributed by atoms with van der Waals surface area (Å²) in [7, 11) is 0. The van der Waals surface area contributed by atoms with Crippen LogP contribution in [0.2, 0.25) is 0 Å². The molecule has 3 aliphatic rings. The molecule has 128 valence electrons. The van der Waals surface area contributed by atoms with E-state index in [9.17, 15) is 5.11 Å². The smallest absolute Gasteiger partial charge is 0.150 e. The van der Waals surface area contributed by atoms with Crippen molar-refractivity contribution in [3.63, 3.8) is 0 Å². The minimum Gasteiger partial charge on any atom is -0.394 e. The van der Waals surface area contributed by atoms with E-state index < -0.39 is 54.4 Å². The minimum atomic E-state index is -1.66. The maximum absolute atomic E-state index is 9.35. The highest BCUT2D eigenvalue weighted by Gasteiger charge is 2.73. The number of aliphatic hydroxyl groups is 8. The Balaban J connectivity index is 0.000000160. The topological polar surface area (TPSA) is 180 Å². The first-order valence-corrected chi connectivity index (χ1v) is 6.64. The van der Waals surface area contributed by atoms with E-state index in [0.29, 0.717) is 0 Å². The monoisotopic (exact) mass is 324 g/mol. The lowest BCUT2D eigenvalue weighted by Crippen LogP contribution is -2.52. The quantitative estimate of drug-likeness (QED) is 0.233. The van der Waals surface area contributed by atoms with E-state index in [1.807, 2.05) is 0 Å². The molecule has 2 aliphatic heterocycles. The molecule has 2 saturated heterocycles. The van der Waals surface area contributed by atoms with Gasteiger partial charge in [0.25, 0.3) is 0 Å². The molecule has 2 radical (unpaired) electrons. The van der Waals surface area contributed by atoms with Crippen molar-refractivity contribution >= 4 is 0 Å². The molecule has 10 nitrogen and oxygen atoms in total. The van der Waals surface area contributed by atoms with Crippen LogP contribution in [0.4, 0.5) is 0 Å². The fourth-order valence-corrected chi connectivity index (χ4v) is 2.30. The third-order valence-electron chi connectivity index (χ3n) is 3.92. The Morgan fingerprint density at radius 2 is 1.41 bits per heavy atom. The van der Waals surface area contributed by atoms with Gasteiger partial charge in [0.05, 0.1) is 6.61 Å². The van der Waals surface area contributed by atoms with E-state index in [4.69, 9.17) is 40.5 Å². The van der Waals surface area contributed by atoms with Crippen molar-refractivity contribution < 1.29 is 50.3 Å². The maximum atomic E-state index is 9.35. The summed E-state index contributed by atoms with van der Waals surface area (Å²) in [4.78, 5) is 0. The van der Waals surface area contributed by atoms with Crippen molar-refractivity contribution in [3.8, 4) is 0 Å². The average Bonchev–Trinajstić information content (AvgIpc) is 3.05. The van der Waals surface area contributed by atoms with E-state index in [0.717, 1.165) is 13.2 Å². The standard InChI is InChI=1S/C6H9O5.C6H11O5/c7-2-1-11-5-4(9)6(5,10)3(2)8;7-1-4-6(10)5(9)3(8)2-11-4/h1-5,7-10H;2-10H,1H2/t2-,3-,4?,5-,6+;3-,4-,5-,6-/m11/s1. The molecule has 0 spiro atoms. The van der Waals surface area contributed by atoms with Crippen molar-refractivity contribution in [2.75, 3.05) is 6.61 Å². The number of ether oxygens (including phenoxy) is 2. The van der Waals surface area contributed by atoms with E-state index in [1.54, 1.807) is 0 Å². The molecule has 0 amide bonds. The van der Waals surface area contributed by atoms with Crippen LogP contribution in [-0.2, 0) is 9.47 Å². The molecular weight excluding hydrogens is 304 g/mol. The maximum Gasteiger partial charge on any atom is 0.150 e. The number of hydrogen-bond acceptors (Lipinski definition) is 10.